The van der Waals surface area contributed by atoms with Gasteiger partial charge in [-0.3, -0.25) is 0 Å². The second-order valence-corrected chi connectivity index (χ2v) is 10.1. The smallest absolute Gasteiger partial charge is 0.123 e. The third-order valence-electron chi connectivity index (χ3n) is 4.92. The predicted octanol–water partition coefficient (Wildman–Crippen LogP) is 5.85. The zero-order chi connectivity index (χ0) is 15.1. The molecule has 1 heterocycles. The van der Waals surface area contributed by atoms with Crippen molar-refractivity contribution in [1.29, 1.82) is 0 Å². The van der Waals surface area contributed by atoms with Crippen LogP contribution in [0.1, 0.15) is 56.9 Å². The normalized spacial score (nSPS) is 24.0. The van der Waals surface area contributed by atoms with Crippen LogP contribution in [0.25, 0.3) is 0 Å². The van der Waals surface area contributed by atoms with Gasteiger partial charge in [-0.1, -0.05) is 50.0 Å². The SMILES string of the molecule is CCCC(F)CCC[SiH]1CCC(c2ccc(F)cc2)CC1. The standard InChI is InChI=1S/C18H28F2Si/c1-2-4-17(19)5-3-12-21-13-10-16(11-14-21)15-6-8-18(20)9-7-15/h6-9,16-17,21H,2-5,10-14H2,1H3. The van der Waals surface area contributed by atoms with Gasteiger partial charge >= 0.3 is 0 Å². The van der Waals surface area contributed by atoms with Gasteiger partial charge in [0, 0.05) is 8.80 Å². The van der Waals surface area contributed by atoms with Crippen LogP contribution in [0.2, 0.25) is 18.1 Å². The second-order valence-electron chi connectivity index (χ2n) is 6.59. The van der Waals surface area contributed by atoms with Crippen LogP contribution in [0, 0.1) is 5.82 Å². The van der Waals surface area contributed by atoms with Gasteiger partial charge in [-0.15, -0.1) is 0 Å². The zero-order valence-corrected chi connectivity index (χ0v) is 14.3. The molecular formula is C18H28F2Si. The van der Waals surface area contributed by atoms with Gasteiger partial charge in [0.25, 0.3) is 0 Å². The van der Waals surface area contributed by atoms with Crippen LogP contribution in [0.3, 0.4) is 0 Å². The Morgan fingerprint density at radius 2 is 1.81 bits per heavy atom. The molecule has 0 aromatic heterocycles. The maximum Gasteiger partial charge on any atom is 0.123 e. The summed E-state index contributed by atoms with van der Waals surface area (Å²) in [7, 11) is -0.618. The van der Waals surface area contributed by atoms with Gasteiger partial charge in [0.1, 0.15) is 12.0 Å². The molecule has 0 nitrogen and oxygen atoms in total. The molecule has 2 rings (SSSR count). The highest BCUT2D eigenvalue weighted by Gasteiger charge is 2.23. The van der Waals surface area contributed by atoms with Gasteiger partial charge in [-0.2, -0.15) is 0 Å². The van der Waals surface area contributed by atoms with Crippen molar-refractivity contribution < 1.29 is 8.78 Å². The first-order chi connectivity index (χ1) is 10.2. The lowest BCUT2D eigenvalue weighted by Crippen LogP contribution is -2.20. The van der Waals surface area contributed by atoms with Gasteiger partial charge in [-0.25, -0.2) is 8.78 Å². The minimum atomic E-state index is -0.618. The van der Waals surface area contributed by atoms with E-state index in [0.29, 0.717) is 5.92 Å². The number of halogens is 2. The Morgan fingerprint density at radius 3 is 2.43 bits per heavy atom. The molecule has 3 heteroatoms. The van der Waals surface area contributed by atoms with Crippen molar-refractivity contribution in [3.05, 3.63) is 35.6 Å². The lowest BCUT2D eigenvalue weighted by Gasteiger charge is -2.28. The molecule has 0 spiro atoms. The largest absolute Gasteiger partial charge is 0.247 e. The summed E-state index contributed by atoms with van der Waals surface area (Å²) in [5, 5.41) is 0. The van der Waals surface area contributed by atoms with Crippen molar-refractivity contribution in [2.45, 2.75) is 75.7 Å². The first-order valence-corrected chi connectivity index (χ1v) is 11.0. The first-order valence-electron chi connectivity index (χ1n) is 8.58. The zero-order valence-electron chi connectivity index (χ0n) is 13.2. The maximum atomic E-state index is 13.5. The summed E-state index contributed by atoms with van der Waals surface area (Å²) in [6.07, 6.45) is 5.52. The number of benzene rings is 1. The van der Waals surface area contributed by atoms with Crippen LogP contribution in [0.15, 0.2) is 24.3 Å². The molecule has 0 bridgehead atoms. The van der Waals surface area contributed by atoms with E-state index in [2.05, 4.69) is 6.92 Å². The van der Waals surface area contributed by atoms with E-state index in [0.717, 1.165) is 25.7 Å². The predicted molar refractivity (Wildman–Crippen MR) is 89.0 cm³/mol. The molecule has 1 unspecified atom stereocenters. The quantitative estimate of drug-likeness (QED) is 0.554. The molecule has 0 aliphatic carbocycles. The van der Waals surface area contributed by atoms with Crippen LogP contribution in [0.5, 0.6) is 0 Å². The van der Waals surface area contributed by atoms with Crippen molar-refractivity contribution in [3.63, 3.8) is 0 Å². The van der Waals surface area contributed by atoms with E-state index in [1.165, 1.54) is 36.5 Å². The molecule has 21 heavy (non-hydrogen) atoms. The third kappa shape index (κ3) is 5.53. The molecule has 0 radical (unpaired) electrons. The van der Waals surface area contributed by atoms with Crippen LogP contribution in [0.4, 0.5) is 8.78 Å². The minimum Gasteiger partial charge on any atom is -0.247 e. The van der Waals surface area contributed by atoms with E-state index in [-0.39, 0.29) is 5.82 Å². The molecule has 1 aromatic rings. The summed E-state index contributed by atoms with van der Waals surface area (Å²) in [5.41, 5.74) is 1.30. The van der Waals surface area contributed by atoms with Crippen LogP contribution in [-0.4, -0.2) is 15.0 Å². The van der Waals surface area contributed by atoms with E-state index < -0.39 is 15.0 Å². The topological polar surface area (TPSA) is 0 Å². The van der Waals surface area contributed by atoms with Gasteiger partial charge < -0.3 is 0 Å². The van der Waals surface area contributed by atoms with Crippen molar-refractivity contribution >= 4 is 8.80 Å². The molecule has 1 saturated heterocycles. The summed E-state index contributed by atoms with van der Waals surface area (Å²) in [4.78, 5) is 0. The molecule has 1 aliphatic rings. The van der Waals surface area contributed by atoms with Crippen LogP contribution >= 0.6 is 0 Å². The fourth-order valence-corrected chi connectivity index (χ4v) is 7.03. The van der Waals surface area contributed by atoms with E-state index in [9.17, 15) is 8.78 Å². The van der Waals surface area contributed by atoms with Crippen molar-refractivity contribution in [3.8, 4) is 0 Å². The molecule has 1 atom stereocenters. The third-order valence-corrected chi connectivity index (χ3v) is 8.44. The summed E-state index contributed by atoms with van der Waals surface area (Å²) in [5.74, 6) is 0.484. The van der Waals surface area contributed by atoms with Gasteiger partial charge in [0.15, 0.2) is 0 Å². The van der Waals surface area contributed by atoms with E-state index >= 15 is 0 Å². The second kappa shape index (κ2) is 8.67. The summed E-state index contributed by atoms with van der Waals surface area (Å²) >= 11 is 0. The Hall–Kier alpha value is -0.703. The average Bonchev–Trinajstić information content (AvgIpc) is 2.49. The van der Waals surface area contributed by atoms with Crippen molar-refractivity contribution in [1.82, 2.24) is 0 Å². The number of hydrogen-bond acceptors (Lipinski definition) is 0. The summed E-state index contributed by atoms with van der Waals surface area (Å²) in [6.45, 7) is 2.05. The Bertz CT molecular complexity index is 396. The molecule has 1 aromatic carbocycles. The van der Waals surface area contributed by atoms with Crippen molar-refractivity contribution in [2.24, 2.45) is 0 Å². The Balaban J connectivity index is 1.67. The lowest BCUT2D eigenvalue weighted by atomic mass is 9.93. The molecule has 1 aliphatic heterocycles. The highest BCUT2D eigenvalue weighted by atomic mass is 28.3. The van der Waals surface area contributed by atoms with Crippen LogP contribution in [-0.2, 0) is 0 Å². The number of hydrogen-bond donors (Lipinski definition) is 0. The van der Waals surface area contributed by atoms with Gasteiger partial charge in [0.2, 0.25) is 0 Å². The summed E-state index contributed by atoms with van der Waals surface area (Å²) < 4.78 is 26.4. The average molecular weight is 311 g/mol. The first kappa shape index (κ1) is 16.7. The minimum absolute atomic E-state index is 0.144. The van der Waals surface area contributed by atoms with E-state index in [1.807, 2.05) is 12.1 Å². The maximum absolute atomic E-state index is 13.5. The highest BCUT2D eigenvalue weighted by Crippen LogP contribution is 2.35. The molecule has 0 saturated carbocycles. The van der Waals surface area contributed by atoms with Gasteiger partial charge in [0.05, 0.1) is 0 Å². The molecule has 0 amide bonds. The highest BCUT2D eigenvalue weighted by molar-refractivity contribution is 6.59. The Kier molecular flexibility index (Phi) is 6.88. The molecule has 1 fully saturated rings. The fraction of sp³-hybridized carbons (Fsp3) is 0.667. The monoisotopic (exact) mass is 310 g/mol. The fourth-order valence-electron chi connectivity index (χ4n) is 3.60. The number of alkyl halides is 1. The molecule has 118 valence electrons. The van der Waals surface area contributed by atoms with E-state index in [4.69, 9.17) is 0 Å². The molecular weight excluding hydrogens is 282 g/mol. The lowest BCUT2D eigenvalue weighted by molar-refractivity contribution is 0.291. The molecule has 0 N–H and O–H groups in total. The Labute approximate surface area is 129 Å². The van der Waals surface area contributed by atoms with Crippen LogP contribution < -0.4 is 0 Å². The van der Waals surface area contributed by atoms with Gasteiger partial charge in [-0.05, 0) is 49.3 Å². The summed E-state index contributed by atoms with van der Waals surface area (Å²) in [6, 6.07) is 11.1. The Morgan fingerprint density at radius 1 is 1.14 bits per heavy atom. The van der Waals surface area contributed by atoms with Crippen molar-refractivity contribution in [2.75, 3.05) is 0 Å². The van der Waals surface area contributed by atoms with E-state index in [1.54, 1.807) is 12.1 Å². The number of rotatable bonds is 7.